The summed E-state index contributed by atoms with van der Waals surface area (Å²) in [4.78, 5) is 21.7. The average Bonchev–Trinajstić information content (AvgIpc) is 2.86. The van der Waals surface area contributed by atoms with Crippen LogP contribution in [0.15, 0.2) is 18.2 Å². The molecule has 2 aromatic heterocycles. The number of halogens is 4. The van der Waals surface area contributed by atoms with Gasteiger partial charge in [-0.2, -0.15) is 13.2 Å². The van der Waals surface area contributed by atoms with Crippen LogP contribution in [0.1, 0.15) is 16.2 Å². The molecule has 0 saturated heterocycles. The highest BCUT2D eigenvalue weighted by molar-refractivity contribution is 6.35. The molecule has 0 atom stereocenters. The third-order valence-electron chi connectivity index (χ3n) is 3.92. The van der Waals surface area contributed by atoms with E-state index in [0.29, 0.717) is 17.4 Å². The monoisotopic (exact) mass is 400 g/mol. The van der Waals surface area contributed by atoms with E-state index >= 15 is 0 Å². The summed E-state index contributed by atoms with van der Waals surface area (Å²) < 4.78 is 45.0. The first-order valence-corrected chi connectivity index (χ1v) is 8.26. The van der Waals surface area contributed by atoms with Crippen LogP contribution in [0.25, 0.3) is 21.9 Å². The van der Waals surface area contributed by atoms with E-state index in [1.54, 1.807) is 18.2 Å². The average molecular weight is 401 g/mol. The second-order valence-electron chi connectivity index (χ2n) is 6.32. The van der Waals surface area contributed by atoms with Crippen LogP contribution in [0, 0.1) is 0 Å². The van der Waals surface area contributed by atoms with Crippen molar-refractivity contribution in [3.05, 3.63) is 34.7 Å². The summed E-state index contributed by atoms with van der Waals surface area (Å²) >= 11 is 6.14. The highest BCUT2D eigenvalue weighted by Gasteiger charge is 2.31. The molecule has 0 bridgehead atoms. The summed E-state index contributed by atoms with van der Waals surface area (Å²) in [5.74, 6) is -1.13. The molecule has 1 aromatic carbocycles. The van der Waals surface area contributed by atoms with E-state index in [1.165, 1.54) is 0 Å². The lowest BCUT2D eigenvalue weighted by molar-refractivity contribution is -0.139. The minimum Gasteiger partial charge on any atom is -0.463 e. The van der Waals surface area contributed by atoms with Crippen molar-refractivity contribution in [1.82, 2.24) is 19.4 Å². The molecule has 3 aromatic rings. The van der Waals surface area contributed by atoms with Crippen LogP contribution in [0.3, 0.4) is 0 Å². The van der Waals surface area contributed by atoms with Gasteiger partial charge >= 0.3 is 12.1 Å². The standard InChI is InChI=1S/C17H16ClF3N4O2/c1-24(2)7-9-4-5-11-10(6-9)12-13(25(11)8-17(19,20)21)14(18)23-15(22-12)16(26)27-3/h4-6H,7-8H2,1-3H3. The maximum absolute atomic E-state index is 13.1. The lowest BCUT2D eigenvalue weighted by Crippen LogP contribution is -2.18. The predicted molar refractivity (Wildman–Crippen MR) is 94.8 cm³/mol. The van der Waals surface area contributed by atoms with Gasteiger partial charge in [-0.1, -0.05) is 17.7 Å². The zero-order chi connectivity index (χ0) is 19.9. The van der Waals surface area contributed by atoms with Gasteiger partial charge in [0.25, 0.3) is 0 Å². The molecule has 0 saturated carbocycles. The molecule has 10 heteroatoms. The van der Waals surface area contributed by atoms with Gasteiger partial charge in [-0.3, -0.25) is 0 Å². The molecule has 0 aliphatic carbocycles. The number of carbonyl (C=O) groups is 1. The van der Waals surface area contributed by atoms with Crippen molar-refractivity contribution in [2.75, 3.05) is 21.2 Å². The molecule has 144 valence electrons. The summed E-state index contributed by atoms with van der Waals surface area (Å²) in [6, 6.07) is 5.08. The quantitative estimate of drug-likeness (QED) is 0.494. The number of esters is 1. The van der Waals surface area contributed by atoms with Gasteiger partial charge in [-0.05, 0) is 31.8 Å². The van der Waals surface area contributed by atoms with Crippen molar-refractivity contribution in [3.63, 3.8) is 0 Å². The molecule has 0 amide bonds. The fourth-order valence-electron chi connectivity index (χ4n) is 2.97. The first kappa shape index (κ1) is 19.4. The summed E-state index contributed by atoms with van der Waals surface area (Å²) in [6.07, 6.45) is -4.47. The van der Waals surface area contributed by atoms with Crippen LogP contribution < -0.4 is 0 Å². The molecular formula is C17H16ClF3N4O2. The van der Waals surface area contributed by atoms with Crippen LogP contribution in [0.2, 0.25) is 5.15 Å². The number of nitrogens with zero attached hydrogens (tertiary/aromatic N) is 4. The Morgan fingerprint density at radius 1 is 1.30 bits per heavy atom. The number of alkyl halides is 3. The zero-order valence-electron chi connectivity index (χ0n) is 14.8. The number of hydrogen-bond acceptors (Lipinski definition) is 5. The number of fused-ring (bicyclic) bond motifs is 3. The van der Waals surface area contributed by atoms with Crippen molar-refractivity contribution in [2.24, 2.45) is 0 Å². The van der Waals surface area contributed by atoms with Crippen molar-refractivity contribution in [1.29, 1.82) is 0 Å². The topological polar surface area (TPSA) is 60.2 Å². The first-order valence-electron chi connectivity index (χ1n) is 7.89. The molecule has 2 heterocycles. The van der Waals surface area contributed by atoms with Crippen LogP contribution >= 0.6 is 11.6 Å². The Morgan fingerprint density at radius 3 is 2.59 bits per heavy atom. The SMILES string of the molecule is COC(=O)c1nc(Cl)c2c(n1)c1cc(CN(C)C)ccc1n2CC(F)(F)F. The number of ether oxygens (including phenoxy) is 1. The van der Waals surface area contributed by atoms with Gasteiger partial charge < -0.3 is 14.2 Å². The smallest absolute Gasteiger partial charge is 0.406 e. The maximum atomic E-state index is 13.1. The van der Waals surface area contributed by atoms with Crippen LogP contribution in [-0.4, -0.2) is 52.8 Å². The third kappa shape index (κ3) is 3.84. The number of rotatable bonds is 4. The first-order chi connectivity index (χ1) is 12.6. The third-order valence-corrected chi connectivity index (χ3v) is 4.19. The minimum atomic E-state index is -4.47. The lowest BCUT2D eigenvalue weighted by Gasteiger charge is -2.12. The van der Waals surface area contributed by atoms with Crippen LogP contribution in [0.5, 0.6) is 0 Å². The van der Waals surface area contributed by atoms with Crippen LogP contribution in [0.4, 0.5) is 13.2 Å². The Labute approximate surface area is 157 Å². The molecule has 0 spiro atoms. The molecule has 0 unspecified atom stereocenters. The van der Waals surface area contributed by atoms with Crippen LogP contribution in [-0.2, 0) is 17.8 Å². The van der Waals surface area contributed by atoms with E-state index in [4.69, 9.17) is 11.6 Å². The van der Waals surface area contributed by atoms with E-state index in [2.05, 4.69) is 14.7 Å². The second-order valence-corrected chi connectivity index (χ2v) is 6.68. The van der Waals surface area contributed by atoms with E-state index < -0.39 is 18.7 Å². The van der Waals surface area contributed by atoms with Gasteiger partial charge in [0.05, 0.1) is 12.6 Å². The summed E-state index contributed by atoms with van der Waals surface area (Å²) in [5.41, 5.74) is 1.39. The number of aromatic nitrogens is 3. The Balaban J connectivity index is 2.36. The van der Waals surface area contributed by atoms with Gasteiger partial charge in [0.15, 0.2) is 5.15 Å². The van der Waals surface area contributed by atoms with E-state index in [1.807, 2.05) is 19.0 Å². The van der Waals surface area contributed by atoms with E-state index in [0.717, 1.165) is 17.2 Å². The van der Waals surface area contributed by atoms with E-state index in [9.17, 15) is 18.0 Å². The highest BCUT2D eigenvalue weighted by atomic mass is 35.5. The van der Waals surface area contributed by atoms with Gasteiger partial charge in [-0.25, -0.2) is 14.8 Å². The van der Waals surface area contributed by atoms with E-state index in [-0.39, 0.29) is 22.0 Å². The minimum absolute atomic E-state index is 0.0265. The van der Waals surface area contributed by atoms with Crippen molar-refractivity contribution in [3.8, 4) is 0 Å². The Kier molecular flexibility index (Phi) is 5.00. The van der Waals surface area contributed by atoms with Crippen molar-refractivity contribution < 1.29 is 22.7 Å². The molecule has 3 rings (SSSR count). The Bertz CT molecular complexity index is 1030. The maximum Gasteiger partial charge on any atom is 0.406 e. The molecule has 27 heavy (non-hydrogen) atoms. The highest BCUT2D eigenvalue weighted by Crippen LogP contribution is 2.34. The summed E-state index contributed by atoms with van der Waals surface area (Å²) in [7, 11) is 4.92. The lowest BCUT2D eigenvalue weighted by atomic mass is 10.1. The zero-order valence-corrected chi connectivity index (χ0v) is 15.5. The fourth-order valence-corrected chi connectivity index (χ4v) is 3.24. The Hall–Kier alpha value is -2.39. The van der Waals surface area contributed by atoms with Crippen molar-refractivity contribution in [2.45, 2.75) is 19.3 Å². The molecule has 0 N–H and O–H groups in total. The molecule has 0 radical (unpaired) electrons. The predicted octanol–water partition coefficient (Wildman–Crippen LogP) is 3.65. The normalized spacial score (nSPS) is 12.3. The second kappa shape index (κ2) is 6.97. The fraction of sp³-hybridized carbons (Fsp3) is 0.353. The Morgan fingerprint density at radius 2 is 2.00 bits per heavy atom. The van der Waals surface area contributed by atoms with Gasteiger partial charge in [0, 0.05) is 11.9 Å². The molecule has 0 fully saturated rings. The summed E-state index contributed by atoms with van der Waals surface area (Å²) in [5, 5.41) is 0.220. The van der Waals surface area contributed by atoms with Gasteiger partial charge in [0.1, 0.15) is 17.6 Å². The summed E-state index contributed by atoms with van der Waals surface area (Å²) in [6.45, 7) is -0.661. The molecular weight excluding hydrogens is 385 g/mol. The van der Waals surface area contributed by atoms with Gasteiger partial charge in [0.2, 0.25) is 5.82 Å². The van der Waals surface area contributed by atoms with Gasteiger partial charge in [-0.15, -0.1) is 0 Å². The van der Waals surface area contributed by atoms with Crippen molar-refractivity contribution >= 4 is 39.5 Å². The molecule has 6 nitrogen and oxygen atoms in total. The number of carbonyl (C=O) groups excluding carboxylic acids is 1. The molecule has 0 aliphatic rings. The largest absolute Gasteiger partial charge is 0.463 e. The molecule has 0 aliphatic heterocycles. The number of methoxy groups -OCH3 is 1. The number of benzene rings is 1. The number of hydrogen-bond donors (Lipinski definition) is 0.